The van der Waals surface area contributed by atoms with E-state index >= 15 is 0 Å². The van der Waals surface area contributed by atoms with Crippen molar-refractivity contribution in [1.29, 1.82) is 0 Å². The van der Waals surface area contributed by atoms with Crippen molar-refractivity contribution in [2.24, 2.45) is 0 Å². The van der Waals surface area contributed by atoms with Gasteiger partial charge in [0.1, 0.15) is 5.82 Å². The molecular weight excluding hydrogens is 523 g/mol. The van der Waals surface area contributed by atoms with Crippen LogP contribution in [-0.2, 0) is 19.2 Å². The normalized spacial score (nSPS) is 19.6. The van der Waals surface area contributed by atoms with E-state index in [1.165, 1.54) is 36.5 Å². The Bertz CT molecular complexity index is 1110. The molecule has 2 atom stereocenters. The predicted molar refractivity (Wildman–Crippen MR) is 131 cm³/mol. The van der Waals surface area contributed by atoms with Crippen molar-refractivity contribution in [3.05, 3.63) is 46.7 Å². The van der Waals surface area contributed by atoms with E-state index in [0.29, 0.717) is 19.6 Å². The highest BCUT2D eigenvalue weighted by molar-refractivity contribution is 7.03. The molecular formula is C24H29FN4O8S. The van der Waals surface area contributed by atoms with Gasteiger partial charge in [-0.3, -0.25) is 19.3 Å². The van der Waals surface area contributed by atoms with Crippen molar-refractivity contribution in [3.8, 4) is 0 Å². The van der Waals surface area contributed by atoms with Gasteiger partial charge < -0.3 is 25.3 Å². The first-order valence-corrected chi connectivity index (χ1v) is 12.7. The van der Waals surface area contributed by atoms with Crippen LogP contribution in [0.25, 0.3) is 0 Å². The van der Waals surface area contributed by atoms with Crippen LogP contribution in [-0.4, -0.2) is 102 Å². The van der Waals surface area contributed by atoms with E-state index in [9.17, 15) is 23.6 Å². The lowest BCUT2D eigenvalue weighted by Crippen LogP contribution is -2.42. The third kappa shape index (κ3) is 7.76. The summed E-state index contributed by atoms with van der Waals surface area (Å²) in [6, 6.07) is 6.61. The van der Waals surface area contributed by atoms with Gasteiger partial charge in [-0.15, -0.1) is 5.10 Å². The molecule has 2 aromatic rings. The third-order valence-electron chi connectivity index (χ3n) is 6.57. The first kappa shape index (κ1) is 29.1. The van der Waals surface area contributed by atoms with E-state index < -0.39 is 36.4 Å². The van der Waals surface area contributed by atoms with Crippen molar-refractivity contribution < 1.29 is 44.0 Å². The van der Waals surface area contributed by atoms with E-state index in [0.717, 1.165) is 24.3 Å². The minimum absolute atomic E-state index is 0.117. The number of aliphatic carboxylic acids is 3. The second-order valence-electron chi connectivity index (χ2n) is 9.35. The molecule has 38 heavy (non-hydrogen) atoms. The van der Waals surface area contributed by atoms with Gasteiger partial charge in [-0.05, 0) is 55.2 Å². The van der Waals surface area contributed by atoms with Gasteiger partial charge >= 0.3 is 17.9 Å². The molecule has 1 amide bonds. The lowest BCUT2D eigenvalue weighted by molar-refractivity contribution is -0.170. The number of hydrogen-bond acceptors (Lipinski definition) is 9. The average Bonchev–Trinajstić information content (AvgIpc) is 3.60. The number of aliphatic hydroxyl groups is 1. The maximum Gasteiger partial charge on any atom is 0.336 e. The Hall–Kier alpha value is -3.49. The Kier molecular flexibility index (Phi) is 9.83. The number of carboxylic acid groups (broad SMARTS) is 3. The Morgan fingerprint density at radius 1 is 0.974 bits per heavy atom. The molecule has 4 rings (SSSR count). The largest absolute Gasteiger partial charge is 0.481 e. The van der Waals surface area contributed by atoms with E-state index in [-0.39, 0.29) is 23.6 Å². The second-order valence-corrected chi connectivity index (χ2v) is 9.96. The molecule has 0 spiro atoms. The van der Waals surface area contributed by atoms with Crippen LogP contribution in [0.3, 0.4) is 0 Å². The molecule has 2 aliphatic heterocycles. The molecule has 12 nitrogen and oxygen atoms in total. The summed E-state index contributed by atoms with van der Waals surface area (Å²) in [5.74, 6) is -4.83. The van der Waals surface area contributed by atoms with Gasteiger partial charge in [-0.2, -0.15) is 0 Å². The minimum atomic E-state index is -2.74. The topological polar surface area (TPSA) is 181 Å². The molecule has 2 aliphatic rings. The minimum Gasteiger partial charge on any atom is -0.481 e. The lowest BCUT2D eigenvalue weighted by Gasteiger charge is -2.21. The molecule has 0 saturated carbocycles. The first-order chi connectivity index (χ1) is 18.0. The molecule has 1 aromatic carbocycles. The number of aromatic nitrogens is 2. The summed E-state index contributed by atoms with van der Waals surface area (Å²) >= 11 is 1.33. The molecule has 2 fully saturated rings. The van der Waals surface area contributed by atoms with Crippen LogP contribution in [0, 0.1) is 5.82 Å². The quantitative estimate of drug-likeness (QED) is 0.351. The molecule has 4 N–H and O–H groups in total. The summed E-state index contributed by atoms with van der Waals surface area (Å²) in [6.45, 7) is 3.83. The molecule has 1 aromatic heterocycles. The fraction of sp³-hybridized carbons (Fsp3) is 0.500. The van der Waals surface area contributed by atoms with Crippen molar-refractivity contribution in [2.45, 2.75) is 43.1 Å². The molecule has 14 heteroatoms. The fourth-order valence-electron chi connectivity index (χ4n) is 4.63. The summed E-state index contributed by atoms with van der Waals surface area (Å²) < 4.78 is 17.3. The van der Waals surface area contributed by atoms with Crippen LogP contribution in [0.2, 0.25) is 0 Å². The lowest BCUT2D eigenvalue weighted by atomic mass is 9.87. The smallest absolute Gasteiger partial charge is 0.336 e. The summed E-state index contributed by atoms with van der Waals surface area (Å²) in [5, 5.41) is 40.0. The van der Waals surface area contributed by atoms with Gasteiger partial charge in [0.05, 0.1) is 25.1 Å². The number of carbonyl (C=O) groups is 4. The van der Waals surface area contributed by atoms with Gasteiger partial charge in [-0.25, -0.2) is 9.18 Å². The third-order valence-corrected chi connectivity index (χ3v) is 7.09. The molecule has 0 unspecified atom stereocenters. The summed E-state index contributed by atoms with van der Waals surface area (Å²) in [6.07, 6.45) is 0.0699. The second kappa shape index (κ2) is 12.8. The summed E-state index contributed by atoms with van der Waals surface area (Å²) in [7, 11) is 0. The zero-order chi connectivity index (χ0) is 27.9. The first-order valence-electron chi connectivity index (χ1n) is 11.9. The monoisotopic (exact) mass is 552 g/mol. The SMILES string of the molecule is O=C(CN1CCCC1)N1C[C@@H](c2ccc(F)cc2)[C@H](c2csnn2)C1.O=C(O)CC(O)(CC(=O)O)C(=O)O. The molecule has 3 heterocycles. The molecule has 2 saturated heterocycles. The van der Waals surface area contributed by atoms with E-state index in [2.05, 4.69) is 14.5 Å². The number of amides is 1. The maximum atomic E-state index is 13.3. The predicted octanol–water partition coefficient (Wildman–Crippen LogP) is 1.23. The fourth-order valence-corrected chi connectivity index (χ4v) is 5.15. The van der Waals surface area contributed by atoms with Crippen LogP contribution in [0.5, 0.6) is 0 Å². The maximum absolute atomic E-state index is 13.3. The number of rotatable bonds is 9. The highest BCUT2D eigenvalue weighted by atomic mass is 32.1. The van der Waals surface area contributed by atoms with Gasteiger partial charge in [0.2, 0.25) is 5.91 Å². The number of likely N-dealkylation sites (tertiary alicyclic amines) is 2. The van der Waals surface area contributed by atoms with Crippen LogP contribution in [0.4, 0.5) is 4.39 Å². The van der Waals surface area contributed by atoms with E-state index in [1.807, 2.05) is 22.4 Å². The van der Waals surface area contributed by atoms with Gasteiger partial charge in [0.25, 0.3) is 0 Å². The van der Waals surface area contributed by atoms with Crippen LogP contribution < -0.4 is 0 Å². The average molecular weight is 553 g/mol. The van der Waals surface area contributed by atoms with Crippen molar-refractivity contribution >= 4 is 35.3 Å². The Balaban J connectivity index is 0.000000263. The molecule has 0 radical (unpaired) electrons. The van der Waals surface area contributed by atoms with E-state index in [4.69, 9.17) is 20.4 Å². The number of nitrogens with zero attached hydrogens (tertiary/aromatic N) is 4. The van der Waals surface area contributed by atoms with Crippen molar-refractivity contribution in [3.63, 3.8) is 0 Å². The Morgan fingerprint density at radius 3 is 2.05 bits per heavy atom. The highest BCUT2D eigenvalue weighted by Crippen LogP contribution is 2.39. The van der Waals surface area contributed by atoms with Crippen molar-refractivity contribution in [2.75, 3.05) is 32.7 Å². The summed E-state index contributed by atoms with van der Waals surface area (Å²) in [4.78, 5) is 47.4. The number of hydrogen-bond donors (Lipinski definition) is 4. The van der Waals surface area contributed by atoms with Gasteiger partial charge in [-0.1, -0.05) is 16.6 Å². The summed E-state index contributed by atoms with van der Waals surface area (Å²) in [5.41, 5.74) is -0.760. The molecule has 206 valence electrons. The highest BCUT2D eigenvalue weighted by Gasteiger charge is 2.41. The van der Waals surface area contributed by atoms with Gasteiger partial charge in [0, 0.05) is 30.3 Å². The number of benzene rings is 1. The standard InChI is InChI=1S/C18H21FN4OS.C6H8O7/c19-14-5-3-13(4-6-14)15-9-23(10-16(15)17-12-25-21-20-17)18(24)11-22-7-1-2-8-22;7-3(8)1-6(13,5(11)12)2-4(9)10/h3-6,12,15-16H,1-2,7-11H2;13H,1-2H2,(H,7,8)(H,9,10)(H,11,12)/t15-,16+;/m0./s1. The molecule has 0 aliphatic carbocycles. The zero-order valence-corrected chi connectivity index (χ0v) is 21.2. The van der Waals surface area contributed by atoms with E-state index in [1.54, 1.807) is 0 Å². The van der Waals surface area contributed by atoms with Gasteiger partial charge in [0.15, 0.2) is 5.60 Å². The number of carbonyl (C=O) groups excluding carboxylic acids is 1. The van der Waals surface area contributed by atoms with Crippen LogP contribution >= 0.6 is 11.5 Å². The number of carboxylic acids is 3. The van der Waals surface area contributed by atoms with Crippen LogP contribution in [0.15, 0.2) is 29.6 Å². The van der Waals surface area contributed by atoms with Crippen LogP contribution in [0.1, 0.15) is 48.8 Å². The molecule has 0 bridgehead atoms. The Morgan fingerprint density at radius 2 is 1.55 bits per heavy atom. The van der Waals surface area contributed by atoms with Crippen molar-refractivity contribution in [1.82, 2.24) is 19.4 Å². The Labute approximate surface area is 221 Å². The number of halogens is 1. The zero-order valence-electron chi connectivity index (χ0n) is 20.4.